The van der Waals surface area contributed by atoms with Crippen molar-refractivity contribution in [3.63, 3.8) is 0 Å². The smallest absolute Gasteiger partial charge is 0.223 e. The Labute approximate surface area is 188 Å². The molecule has 0 radical (unpaired) electrons. The lowest BCUT2D eigenvalue weighted by Gasteiger charge is -2.18. The van der Waals surface area contributed by atoms with Gasteiger partial charge in [-0.2, -0.15) is 0 Å². The van der Waals surface area contributed by atoms with Crippen molar-refractivity contribution in [3.05, 3.63) is 96.1 Å². The van der Waals surface area contributed by atoms with Crippen molar-refractivity contribution in [1.29, 1.82) is 0 Å². The number of hydrogen-bond acceptors (Lipinski definition) is 4. The molecule has 3 aromatic rings. The van der Waals surface area contributed by atoms with Crippen LogP contribution in [0, 0.1) is 5.92 Å². The summed E-state index contributed by atoms with van der Waals surface area (Å²) < 4.78 is 11.6. The van der Waals surface area contributed by atoms with Gasteiger partial charge in [0.05, 0.1) is 13.2 Å². The SMILES string of the molecule is O=C(NC(COCc1ccccc1)C(=O)Cc1ccc(Oc2ccccc2)cc1)C1CC1. The van der Waals surface area contributed by atoms with Crippen LogP contribution in [0.15, 0.2) is 84.9 Å². The zero-order valence-corrected chi connectivity index (χ0v) is 17.9. The molecule has 32 heavy (non-hydrogen) atoms. The Morgan fingerprint density at radius 2 is 1.44 bits per heavy atom. The number of ketones is 1. The Morgan fingerprint density at radius 1 is 0.812 bits per heavy atom. The number of ether oxygens (including phenoxy) is 2. The number of para-hydroxylation sites is 1. The van der Waals surface area contributed by atoms with E-state index in [1.807, 2.05) is 84.9 Å². The van der Waals surface area contributed by atoms with Crippen LogP contribution in [0.25, 0.3) is 0 Å². The van der Waals surface area contributed by atoms with Crippen LogP contribution in [-0.4, -0.2) is 24.3 Å². The molecule has 164 valence electrons. The first-order valence-corrected chi connectivity index (χ1v) is 10.9. The average molecular weight is 430 g/mol. The Kier molecular flexibility index (Phi) is 7.31. The van der Waals surface area contributed by atoms with Crippen molar-refractivity contribution in [2.75, 3.05) is 6.61 Å². The maximum Gasteiger partial charge on any atom is 0.223 e. The van der Waals surface area contributed by atoms with Gasteiger partial charge in [0, 0.05) is 12.3 Å². The average Bonchev–Trinajstić information content (AvgIpc) is 3.67. The molecule has 1 amide bonds. The highest BCUT2D eigenvalue weighted by Crippen LogP contribution is 2.29. The van der Waals surface area contributed by atoms with Gasteiger partial charge in [0.2, 0.25) is 5.91 Å². The van der Waals surface area contributed by atoms with E-state index in [9.17, 15) is 9.59 Å². The predicted molar refractivity (Wildman–Crippen MR) is 122 cm³/mol. The van der Waals surface area contributed by atoms with Crippen LogP contribution in [0.2, 0.25) is 0 Å². The quantitative estimate of drug-likeness (QED) is 0.480. The van der Waals surface area contributed by atoms with Crippen LogP contribution in [0.5, 0.6) is 11.5 Å². The maximum atomic E-state index is 13.0. The Hall–Kier alpha value is -3.44. The fourth-order valence-electron chi connectivity index (χ4n) is 3.34. The van der Waals surface area contributed by atoms with Crippen molar-refractivity contribution >= 4 is 11.7 Å². The molecular formula is C27H27NO4. The van der Waals surface area contributed by atoms with Crippen molar-refractivity contribution in [1.82, 2.24) is 5.32 Å². The third-order valence-electron chi connectivity index (χ3n) is 5.33. The Bertz CT molecular complexity index is 1010. The van der Waals surface area contributed by atoms with Crippen molar-refractivity contribution < 1.29 is 19.1 Å². The molecule has 0 spiro atoms. The molecule has 1 saturated carbocycles. The first-order chi connectivity index (χ1) is 15.7. The van der Waals surface area contributed by atoms with Crippen molar-refractivity contribution in [2.24, 2.45) is 5.92 Å². The number of amides is 1. The fourth-order valence-corrected chi connectivity index (χ4v) is 3.34. The van der Waals surface area contributed by atoms with Crippen LogP contribution < -0.4 is 10.1 Å². The minimum atomic E-state index is -0.660. The summed E-state index contributed by atoms with van der Waals surface area (Å²) in [6, 6.07) is 26.1. The molecule has 1 N–H and O–H groups in total. The predicted octanol–water partition coefficient (Wildman–Crippen LogP) is 4.70. The van der Waals surface area contributed by atoms with Gasteiger partial charge in [-0.1, -0.05) is 60.7 Å². The van der Waals surface area contributed by atoms with E-state index in [2.05, 4.69) is 5.32 Å². The molecule has 0 bridgehead atoms. The molecule has 3 aromatic carbocycles. The minimum absolute atomic E-state index is 0.0360. The summed E-state index contributed by atoms with van der Waals surface area (Å²) in [5, 5.41) is 2.89. The van der Waals surface area contributed by atoms with E-state index in [-0.39, 0.29) is 30.6 Å². The van der Waals surface area contributed by atoms with Crippen LogP contribution >= 0.6 is 0 Å². The third kappa shape index (κ3) is 6.53. The Morgan fingerprint density at radius 3 is 2.09 bits per heavy atom. The lowest BCUT2D eigenvalue weighted by molar-refractivity contribution is -0.129. The van der Waals surface area contributed by atoms with E-state index in [1.165, 1.54) is 0 Å². The first kappa shape index (κ1) is 21.8. The number of Topliss-reactive ketones (excluding diaryl/α,β-unsaturated/α-hetero) is 1. The highest BCUT2D eigenvalue weighted by molar-refractivity contribution is 5.91. The normalized spacial score (nSPS) is 13.9. The summed E-state index contributed by atoms with van der Waals surface area (Å²) >= 11 is 0. The monoisotopic (exact) mass is 429 g/mol. The van der Waals surface area contributed by atoms with E-state index in [4.69, 9.17) is 9.47 Å². The summed E-state index contributed by atoms with van der Waals surface area (Å²) in [6.07, 6.45) is 2.00. The molecule has 1 atom stereocenters. The van der Waals surface area contributed by atoms with Crippen LogP contribution in [0.1, 0.15) is 24.0 Å². The van der Waals surface area contributed by atoms with Crippen molar-refractivity contribution in [2.45, 2.75) is 31.9 Å². The molecule has 0 aromatic heterocycles. The lowest BCUT2D eigenvalue weighted by atomic mass is 10.0. The van der Waals surface area contributed by atoms with E-state index in [1.54, 1.807) is 0 Å². The number of rotatable bonds is 11. The van der Waals surface area contributed by atoms with Crippen LogP contribution in [0.3, 0.4) is 0 Å². The zero-order valence-electron chi connectivity index (χ0n) is 17.9. The molecule has 5 nitrogen and oxygen atoms in total. The summed E-state index contributed by atoms with van der Waals surface area (Å²) in [5.41, 5.74) is 1.89. The van der Waals surface area contributed by atoms with Gasteiger partial charge in [-0.3, -0.25) is 9.59 Å². The van der Waals surface area contributed by atoms with Gasteiger partial charge in [0.25, 0.3) is 0 Å². The molecule has 4 rings (SSSR count). The van der Waals surface area contributed by atoms with E-state index in [0.29, 0.717) is 12.4 Å². The van der Waals surface area contributed by atoms with Gasteiger partial charge in [-0.25, -0.2) is 0 Å². The maximum absolute atomic E-state index is 13.0. The molecule has 0 saturated heterocycles. The molecular weight excluding hydrogens is 402 g/mol. The Balaban J connectivity index is 1.34. The number of benzene rings is 3. The topological polar surface area (TPSA) is 64.6 Å². The molecule has 1 aliphatic carbocycles. The highest BCUT2D eigenvalue weighted by Gasteiger charge is 2.32. The standard InChI is InChI=1S/C27H27NO4/c29-26(17-20-11-15-24(16-12-20)32-23-9-5-2-6-10-23)25(28-27(30)22-13-14-22)19-31-18-21-7-3-1-4-8-21/h1-12,15-16,22,25H,13-14,17-19H2,(H,28,30). The molecule has 1 fully saturated rings. The zero-order chi connectivity index (χ0) is 22.2. The highest BCUT2D eigenvalue weighted by atomic mass is 16.5. The summed E-state index contributed by atoms with van der Waals surface area (Å²) in [5.74, 6) is 1.38. The fraction of sp³-hybridized carbons (Fsp3) is 0.259. The number of hydrogen-bond donors (Lipinski definition) is 1. The molecule has 0 aliphatic heterocycles. The second-order valence-corrected chi connectivity index (χ2v) is 8.04. The minimum Gasteiger partial charge on any atom is -0.457 e. The number of carbonyl (C=O) groups excluding carboxylic acids is 2. The summed E-state index contributed by atoms with van der Waals surface area (Å²) in [6.45, 7) is 0.552. The number of carbonyl (C=O) groups is 2. The number of nitrogens with one attached hydrogen (secondary N) is 1. The molecule has 0 heterocycles. The molecule has 1 aliphatic rings. The third-order valence-corrected chi connectivity index (χ3v) is 5.33. The second kappa shape index (κ2) is 10.7. The second-order valence-electron chi connectivity index (χ2n) is 8.04. The van der Waals surface area contributed by atoms with Gasteiger partial charge < -0.3 is 14.8 Å². The first-order valence-electron chi connectivity index (χ1n) is 10.9. The van der Waals surface area contributed by atoms with Gasteiger partial charge in [-0.05, 0) is 48.2 Å². The van der Waals surface area contributed by atoms with Gasteiger partial charge in [0.15, 0.2) is 5.78 Å². The molecule has 1 unspecified atom stereocenters. The summed E-state index contributed by atoms with van der Waals surface area (Å²) in [4.78, 5) is 25.3. The lowest BCUT2D eigenvalue weighted by Crippen LogP contribution is -2.45. The van der Waals surface area contributed by atoms with Gasteiger partial charge in [-0.15, -0.1) is 0 Å². The van der Waals surface area contributed by atoms with Crippen molar-refractivity contribution in [3.8, 4) is 11.5 Å². The summed E-state index contributed by atoms with van der Waals surface area (Å²) in [7, 11) is 0. The van der Waals surface area contributed by atoms with Crippen LogP contribution in [-0.2, 0) is 27.4 Å². The van der Waals surface area contributed by atoms with E-state index in [0.717, 1.165) is 29.7 Å². The van der Waals surface area contributed by atoms with Gasteiger partial charge in [0.1, 0.15) is 17.5 Å². The largest absolute Gasteiger partial charge is 0.457 e. The van der Waals surface area contributed by atoms with Crippen LogP contribution in [0.4, 0.5) is 0 Å². The van der Waals surface area contributed by atoms with E-state index < -0.39 is 6.04 Å². The van der Waals surface area contributed by atoms with E-state index >= 15 is 0 Å². The van der Waals surface area contributed by atoms with Gasteiger partial charge >= 0.3 is 0 Å². The molecule has 5 heteroatoms.